The molecule has 0 aliphatic rings. The minimum atomic E-state index is -1.03. The number of aryl methyl sites for hydroxylation is 1. The molecular formula is C22H21BrNO2-. The summed E-state index contributed by atoms with van der Waals surface area (Å²) in [6, 6.07) is 20.6. The summed E-state index contributed by atoms with van der Waals surface area (Å²) in [5.74, 6) is -0.560. The van der Waals surface area contributed by atoms with E-state index >= 15 is 0 Å². The fourth-order valence-corrected chi connectivity index (χ4v) is 3.33. The van der Waals surface area contributed by atoms with Gasteiger partial charge in [0.15, 0.2) is 0 Å². The van der Waals surface area contributed by atoms with Crippen molar-refractivity contribution >= 4 is 21.9 Å². The van der Waals surface area contributed by atoms with Gasteiger partial charge in [-0.25, -0.2) is 0 Å². The molecule has 0 aliphatic heterocycles. The van der Waals surface area contributed by atoms with Crippen LogP contribution in [0.1, 0.15) is 37.4 Å². The smallest absolute Gasteiger partial charge is 0.0531 e. The van der Waals surface area contributed by atoms with Gasteiger partial charge in [-0.2, -0.15) is 0 Å². The number of carbonyl (C=O) groups excluding carboxylic acids is 1. The second-order valence-electron chi connectivity index (χ2n) is 6.67. The standard InChI is InChI=1S/C22H22BrNO2/c1-15(2)16-5-9-19(10-6-16)24-20(12-14-22(25)26)11-13-21(24)17-3-7-18(23)8-4-17/h3-11,13,15H,12,14H2,1-2H3,(H,25,26)/p-1. The Bertz CT molecular complexity index is 893. The molecule has 0 unspecified atom stereocenters. The monoisotopic (exact) mass is 410 g/mol. The summed E-state index contributed by atoms with van der Waals surface area (Å²) in [5.41, 5.74) is 5.40. The Morgan fingerprint density at radius 2 is 1.65 bits per heavy atom. The maximum Gasteiger partial charge on any atom is 0.0531 e. The Labute approximate surface area is 162 Å². The van der Waals surface area contributed by atoms with Gasteiger partial charge in [0.2, 0.25) is 0 Å². The lowest BCUT2D eigenvalue weighted by Gasteiger charge is -2.16. The lowest BCUT2D eigenvalue weighted by atomic mass is 10.0. The fourth-order valence-electron chi connectivity index (χ4n) is 3.06. The van der Waals surface area contributed by atoms with Gasteiger partial charge < -0.3 is 14.5 Å². The van der Waals surface area contributed by atoms with E-state index in [1.165, 1.54) is 5.56 Å². The summed E-state index contributed by atoms with van der Waals surface area (Å²) in [5, 5.41) is 10.9. The number of halogens is 1. The second-order valence-corrected chi connectivity index (χ2v) is 7.59. The SMILES string of the molecule is CC(C)c1ccc(-n2c(CCC(=O)[O-])ccc2-c2ccc(Br)cc2)cc1. The van der Waals surface area contributed by atoms with Crippen LogP contribution in [0.25, 0.3) is 16.9 Å². The molecule has 0 spiro atoms. The highest BCUT2D eigenvalue weighted by Gasteiger charge is 2.12. The molecule has 0 amide bonds. The zero-order valence-corrected chi connectivity index (χ0v) is 16.5. The van der Waals surface area contributed by atoms with E-state index in [1.807, 2.05) is 24.3 Å². The number of nitrogens with zero attached hydrogens (tertiary/aromatic N) is 1. The molecule has 2 aromatic carbocycles. The number of carbonyl (C=O) groups is 1. The number of hydrogen-bond acceptors (Lipinski definition) is 2. The maximum atomic E-state index is 10.9. The zero-order chi connectivity index (χ0) is 18.7. The van der Waals surface area contributed by atoms with Crippen molar-refractivity contribution in [2.75, 3.05) is 0 Å². The van der Waals surface area contributed by atoms with Gasteiger partial charge in [-0.3, -0.25) is 0 Å². The Morgan fingerprint density at radius 3 is 2.23 bits per heavy atom. The molecule has 1 heterocycles. The van der Waals surface area contributed by atoms with Crippen molar-refractivity contribution in [2.45, 2.75) is 32.6 Å². The third-order valence-corrected chi connectivity index (χ3v) is 5.03. The van der Waals surface area contributed by atoms with E-state index in [-0.39, 0.29) is 6.42 Å². The Morgan fingerprint density at radius 1 is 1.00 bits per heavy atom. The van der Waals surface area contributed by atoms with Gasteiger partial charge in [0.25, 0.3) is 0 Å². The van der Waals surface area contributed by atoms with Crippen LogP contribution in [0.3, 0.4) is 0 Å². The average Bonchev–Trinajstić information content (AvgIpc) is 3.04. The van der Waals surface area contributed by atoms with Crippen LogP contribution in [0.5, 0.6) is 0 Å². The van der Waals surface area contributed by atoms with E-state index in [0.29, 0.717) is 12.3 Å². The van der Waals surface area contributed by atoms with Gasteiger partial charge in [-0.05, 0) is 66.3 Å². The molecule has 0 saturated carbocycles. The lowest BCUT2D eigenvalue weighted by Crippen LogP contribution is -2.22. The molecular weight excluding hydrogens is 390 g/mol. The first kappa shape index (κ1) is 18.5. The molecule has 3 nitrogen and oxygen atoms in total. The van der Waals surface area contributed by atoms with Gasteiger partial charge in [0.05, 0.1) is 5.69 Å². The Balaban J connectivity index is 2.07. The predicted molar refractivity (Wildman–Crippen MR) is 106 cm³/mol. The van der Waals surface area contributed by atoms with Crippen molar-refractivity contribution in [3.63, 3.8) is 0 Å². The molecule has 0 bridgehead atoms. The van der Waals surface area contributed by atoms with E-state index in [0.717, 1.165) is 27.1 Å². The van der Waals surface area contributed by atoms with E-state index in [2.05, 4.69) is 70.7 Å². The van der Waals surface area contributed by atoms with Crippen LogP contribution in [-0.4, -0.2) is 10.5 Å². The van der Waals surface area contributed by atoms with Crippen molar-refractivity contribution in [1.82, 2.24) is 4.57 Å². The average molecular weight is 411 g/mol. The summed E-state index contributed by atoms with van der Waals surface area (Å²) < 4.78 is 3.16. The molecule has 1 aromatic heterocycles. The minimum Gasteiger partial charge on any atom is -0.550 e. The van der Waals surface area contributed by atoms with Crippen LogP contribution in [0.2, 0.25) is 0 Å². The van der Waals surface area contributed by atoms with Crippen LogP contribution in [0, 0.1) is 0 Å². The van der Waals surface area contributed by atoms with Crippen molar-refractivity contribution in [1.29, 1.82) is 0 Å². The van der Waals surface area contributed by atoms with Crippen LogP contribution >= 0.6 is 15.9 Å². The molecule has 3 aromatic rings. The summed E-state index contributed by atoms with van der Waals surface area (Å²) in [6.07, 6.45) is 0.443. The zero-order valence-electron chi connectivity index (χ0n) is 14.9. The Kier molecular flexibility index (Phi) is 5.62. The van der Waals surface area contributed by atoms with Crippen LogP contribution in [0.4, 0.5) is 0 Å². The van der Waals surface area contributed by atoms with Gasteiger partial charge in [0.1, 0.15) is 0 Å². The molecule has 0 aliphatic carbocycles. The summed E-state index contributed by atoms with van der Waals surface area (Å²) in [6.45, 7) is 4.34. The highest BCUT2D eigenvalue weighted by Crippen LogP contribution is 2.29. The second kappa shape index (κ2) is 7.92. The van der Waals surface area contributed by atoms with Gasteiger partial charge in [-0.1, -0.05) is 54.0 Å². The van der Waals surface area contributed by atoms with Gasteiger partial charge >= 0.3 is 0 Å². The molecule has 0 atom stereocenters. The number of benzene rings is 2. The number of aliphatic carboxylic acids is 1. The first-order valence-corrected chi connectivity index (χ1v) is 9.51. The Hall–Kier alpha value is -2.33. The lowest BCUT2D eigenvalue weighted by molar-refractivity contribution is -0.305. The predicted octanol–water partition coefficient (Wildman–Crippen LogP) is 4.71. The van der Waals surface area contributed by atoms with Crippen LogP contribution < -0.4 is 5.11 Å². The van der Waals surface area contributed by atoms with E-state index in [9.17, 15) is 9.90 Å². The first-order chi connectivity index (χ1) is 12.5. The molecule has 0 saturated heterocycles. The van der Waals surface area contributed by atoms with Crippen molar-refractivity contribution in [3.8, 4) is 16.9 Å². The number of aromatic nitrogens is 1. The molecule has 4 heteroatoms. The van der Waals surface area contributed by atoms with Gasteiger partial charge in [-0.15, -0.1) is 0 Å². The third kappa shape index (κ3) is 4.07. The van der Waals surface area contributed by atoms with E-state index in [1.54, 1.807) is 0 Å². The summed E-state index contributed by atoms with van der Waals surface area (Å²) in [7, 11) is 0. The molecule has 0 fully saturated rings. The van der Waals surface area contributed by atoms with Gasteiger partial charge in [0, 0.05) is 21.8 Å². The minimum absolute atomic E-state index is 0.00781. The highest BCUT2D eigenvalue weighted by atomic mass is 79.9. The molecule has 0 radical (unpaired) electrons. The first-order valence-electron chi connectivity index (χ1n) is 8.72. The van der Waals surface area contributed by atoms with Crippen molar-refractivity contribution in [3.05, 3.63) is 76.4 Å². The largest absolute Gasteiger partial charge is 0.550 e. The van der Waals surface area contributed by atoms with E-state index in [4.69, 9.17) is 0 Å². The molecule has 0 N–H and O–H groups in total. The topological polar surface area (TPSA) is 45.1 Å². The maximum absolute atomic E-state index is 10.9. The van der Waals surface area contributed by atoms with Crippen LogP contribution in [-0.2, 0) is 11.2 Å². The number of rotatable bonds is 6. The highest BCUT2D eigenvalue weighted by molar-refractivity contribution is 9.10. The normalized spacial score (nSPS) is 11.1. The van der Waals surface area contributed by atoms with E-state index < -0.39 is 5.97 Å². The van der Waals surface area contributed by atoms with Crippen LogP contribution in [0.15, 0.2) is 65.1 Å². The quantitative estimate of drug-likeness (QED) is 0.590. The summed E-state index contributed by atoms with van der Waals surface area (Å²) >= 11 is 3.47. The number of hydrogen-bond donors (Lipinski definition) is 0. The molecule has 134 valence electrons. The summed E-state index contributed by atoms with van der Waals surface area (Å²) in [4.78, 5) is 10.9. The van der Waals surface area contributed by atoms with Crippen molar-refractivity contribution < 1.29 is 9.90 Å². The number of carboxylic acids is 1. The molecule has 26 heavy (non-hydrogen) atoms. The van der Waals surface area contributed by atoms with Crippen molar-refractivity contribution in [2.24, 2.45) is 0 Å². The third-order valence-electron chi connectivity index (χ3n) is 4.50. The molecule has 3 rings (SSSR count). The fraction of sp³-hybridized carbons (Fsp3) is 0.227. The number of carboxylic acid groups (broad SMARTS) is 1.